The van der Waals surface area contributed by atoms with E-state index in [-0.39, 0.29) is 34.4 Å². The molecule has 3 rings (SSSR count). The molecule has 1 aliphatic rings. The Kier molecular flexibility index (Phi) is 6.45. The Balaban J connectivity index is 2.01. The predicted molar refractivity (Wildman–Crippen MR) is 113 cm³/mol. The van der Waals surface area contributed by atoms with Crippen molar-refractivity contribution in [3.8, 4) is 5.75 Å². The van der Waals surface area contributed by atoms with Crippen molar-refractivity contribution in [2.75, 3.05) is 6.61 Å². The number of hydrogen-bond donors (Lipinski definition) is 2. The predicted octanol–water partition coefficient (Wildman–Crippen LogP) is 5.91. The molecule has 0 amide bonds. The molecule has 2 aromatic carbocycles. The fourth-order valence-electron chi connectivity index (χ4n) is 2.75. The number of hydrogen-bond acceptors (Lipinski definition) is 6. The molecule has 2 N–H and O–H groups in total. The summed E-state index contributed by atoms with van der Waals surface area (Å²) in [5, 5.41) is 20.4. The molecule has 2 aromatic rings. The van der Waals surface area contributed by atoms with Crippen LogP contribution in [-0.4, -0.2) is 27.8 Å². The largest absolute Gasteiger partial charge is 0.508 e. The van der Waals surface area contributed by atoms with E-state index < -0.39 is 17.7 Å². The molecule has 0 unspecified atom stereocenters. The van der Waals surface area contributed by atoms with Crippen LogP contribution >= 0.6 is 11.8 Å². The number of alkyl halides is 3. The minimum Gasteiger partial charge on any atom is -0.508 e. The minimum atomic E-state index is -4.47. The Bertz CT molecular complexity index is 1100. The summed E-state index contributed by atoms with van der Waals surface area (Å²) in [7, 11) is 0. The van der Waals surface area contributed by atoms with Gasteiger partial charge in [-0.05, 0) is 67.4 Å². The van der Waals surface area contributed by atoms with Crippen LogP contribution in [0.25, 0.3) is 6.08 Å². The Morgan fingerprint density at radius 3 is 2.42 bits per heavy atom. The van der Waals surface area contributed by atoms with Gasteiger partial charge in [0.05, 0.1) is 22.8 Å². The molecule has 9 heteroatoms. The molecule has 0 saturated carbocycles. The van der Waals surface area contributed by atoms with Gasteiger partial charge in [-0.15, -0.1) is 0 Å². The zero-order valence-electron chi connectivity index (χ0n) is 16.5. The lowest BCUT2D eigenvalue weighted by Gasteiger charge is -2.07. The summed E-state index contributed by atoms with van der Waals surface area (Å²) < 4.78 is 43.3. The van der Waals surface area contributed by atoms with E-state index >= 15 is 0 Å². The molecular weight excluding hydrogens is 431 g/mol. The van der Waals surface area contributed by atoms with Gasteiger partial charge in [-0.3, -0.25) is 0 Å². The number of thioether (sulfide) groups is 1. The van der Waals surface area contributed by atoms with E-state index in [1.54, 1.807) is 32.1 Å². The number of phenols is 1. The zero-order chi connectivity index (χ0) is 22.8. The number of esters is 1. The summed E-state index contributed by atoms with van der Waals surface area (Å²) in [5.41, 5.74) is 0.511. The molecule has 0 spiro atoms. The summed E-state index contributed by atoms with van der Waals surface area (Å²) >= 11 is 0.992. The van der Waals surface area contributed by atoms with E-state index in [1.165, 1.54) is 18.2 Å². The van der Waals surface area contributed by atoms with Crippen LogP contribution in [0.2, 0.25) is 0 Å². The number of rotatable bonds is 4. The number of ether oxygens (including phenoxy) is 1. The van der Waals surface area contributed by atoms with Crippen molar-refractivity contribution >= 4 is 34.5 Å². The lowest BCUT2D eigenvalue weighted by molar-refractivity contribution is -0.138. The molecule has 0 aromatic heterocycles. The number of halogens is 3. The van der Waals surface area contributed by atoms with Gasteiger partial charge in [0.2, 0.25) is 0 Å². The van der Waals surface area contributed by atoms with Crippen LogP contribution in [0.1, 0.15) is 23.6 Å². The smallest absolute Gasteiger partial charge is 0.416 e. The number of carbonyl (C=O) groups excluding carboxylic acids is 1. The molecule has 0 fully saturated rings. The minimum absolute atomic E-state index is 0.0735. The fraction of sp³-hybridized carbons (Fsp3) is 0.182. The third-order valence-corrected chi connectivity index (χ3v) is 5.33. The van der Waals surface area contributed by atoms with Crippen LogP contribution in [0.5, 0.6) is 5.75 Å². The second kappa shape index (κ2) is 8.89. The number of aliphatic imine (C=N–C) groups is 1. The average molecular weight is 449 g/mol. The zero-order valence-corrected chi connectivity index (χ0v) is 17.3. The van der Waals surface area contributed by atoms with Crippen LogP contribution < -0.4 is 0 Å². The van der Waals surface area contributed by atoms with Gasteiger partial charge >= 0.3 is 12.1 Å². The van der Waals surface area contributed by atoms with Crippen LogP contribution in [0.4, 0.5) is 18.9 Å². The maximum absolute atomic E-state index is 12.8. The molecule has 1 aliphatic heterocycles. The van der Waals surface area contributed by atoms with E-state index in [4.69, 9.17) is 4.74 Å². The van der Waals surface area contributed by atoms with E-state index in [0.717, 1.165) is 23.9 Å². The molecule has 31 heavy (non-hydrogen) atoms. The summed E-state index contributed by atoms with van der Waals surface area (Å²) in [4.78, 5) is 17.0. The quantitative estimate of drug-likeness (QED) is 0.567. The molecule has 0 radical (unpaired) electrons. The van der Waals surface area contributed by atoms with Crippen molar-refractivity contribution < 1.29 is 32.9 Å². The summed E-state index contributed by atoms with van der Waals surface area (Å²) in [6.07, 6.45) is -2.86. The highest BCUT2D eigenvalue weighted by Gasteiger charge is 2.33. The Morgan fingerprint density at radius 2 is 1.84 bits per heavy atom. The number of benzene rings is 2. The van der Waals surface area contributed by atoms with Crippen LogP contribution in [0.15, 0.2) is 63.7 Å². The van der Waals surface area contributed by atoms with Crippen molar-refractivity contribution in [3.63, 3.8) is 0 Å². The number of aromatic hydroxyl groups is 1. The molecule has 5 nitrogen and oxygen atoms in total. The number of nitrogens with zero attached hydrogens (tertiary/aromatic N) is 1. The van der Waals surface area contributed by atoms with Gasteiger partial charge in [0.25, 0.3) is 0 Å². The molecule has 0 atom stereocenters. The van der Waals surface area contributed by atoms with Crippen molar-refractivity contribution in [3.05, 3.63) is 75.4 Å². The molecule has 0 saturated heterocycles. The number of aliphatic hydroxyl groups excluding tert-OH is 1. The highest BCUT2D eigenvalue weighted by Crippen LogP contribution is 2.40. The molecule has 1 heterocycles. The van der Waals surface area contributed by atoms with Crippen molar-refractivity contribution in [2.24, 2.45) is 4.99 Å². The first kappa shape index (κ1) is 22.5. The number of carbonyl (C=O) groups is 1. The molecular formula is C22H18F3NO4S. The van der Waals surface area contributed by atoms with Gasteiger partial charge in [0.1, 0.15) is 22.1 Å². The molecule has 162 valence electrons. The topological polar surface area (TPSA) is 79.1 Å². The monoisotopic (exact) mass is 449 g/mol. The van der Waals surface area contributed by atoms with Gasteiger partial charge in [0.15, 0.2) is 0 Å². The standard InChI is InChI=1S/C22H18F3NO4S/c1-3-30-21(29)18-19(28)17(11-13-4-9-16(27)12(2)10-13)31-20(18)26-15-7-5-14(6-8-15)22(23,24)25/h4-11,27-28H,3H2,1-2H3/b17-11+,26-20?. The lowest BCUT2D eigenvalue weighted by atomic mass is 10.1. The number of aryl methyl sites for hydroxylation is 1. The summed E-state index contributed by atoms with van der Waals surface area (Å²) in [6.45, 7) is 3.40. The first-order valence-corrected chi connectivity index (χ1v) is 9.98. The SMILES string of the molecule is CCOC(=O)C1=C(O)/C(=C\c2ccc(O)c(C)c2)SC1=Nc1ccc(C(F)(F)F)cc1. The van der Waals surface area contributed by atoms with Crippen molar-refractivity contribution in [2.45, 2.75) is 20.0 Å². The summed E-state index contributed by atoms with van der Waals surface area (Å²) in [6, 6.07) is 8.99. The van der Waals surface area contributed by atoms with Gasteiger partial charge < -0.3 is 14.9 Å². The maximum atomic E-state index is 12.8. The number of aliphatic hydroxyl groups is 1. The van der Waals surface area contributed by atoms with Gasteiger partial charge in [0, 0.05) is 0 Å². The van der Waals surface area contributed by atoms with E-state index in [1.807, 2.05) is 0 Å². The molecule has 0 aliphatic carbocycles. The third kappa shape index (κ3) is 5.11. The normalized spacial score (nSPS) is 16.9. The van der Waals surface area contributed by atoms with Crippen molar-refractivity contribution in [1.29, 1.82) is 0 Å². The Morgan fingerprint density at radius 1 is 1.16 bits per heavy atom. The first-order valence-electron chi connectivity index (χ1n) is 9.16. The van der Waals surface area contributed by atoms with Crippen molar-refractivity contribution in [1.82, 2.24) is 0 Å². The van der Waals surface area contributed by atoms with Crippen LogP contribution in [-0.2, 0) is 15.7 Å². The molecule has 0 bridgehead atoms. The summed E-state index contributed by atoms with van der Waals surface area (Å²) in [5.74, 6) is -0.999. The highest BCUT2D eigenvalue weighted by molar-refractivity contribution is 8.18. The average Bonchev–Trinajstić information content (AvgIpc) is 2.99. The van der Waals surface area contributed by atoms with E-state index in [2.05, 4.69) is 4.99 Å². The number of phenolic OH excluding ortho intramolecular Hbond substituents is 1. The van der Waals surface area contributed by atoms with E-state index in [9.17, 15) is 28.2 Å². The van der Waals surface area contributed by atoms with Crippen LogP contribution in [0.3, 0.4) is 0 Å². The fourth-order valence-corrected chi connectivity index (χ4v) is 3.79. The van der Waals surface area contributed by atoms with E-state index in [0.29, 0.717) is 16.0 Å². The lowest BCUT2D eigenvalue weighted by Crippen LogP contribution is -2.12. The maximum Gasteiger partial charge on any atom is 0.416 e. The first-order chi connectivity index (χ1) is 14.6. The second-order valence-electron chi connectivity index (χ2n) is 6.56. The third-order valence-electron chi connectivity index (χ3n) is 4.31. The Hall–Kier alpha value is -3.20. The van der Waals surface area contributed by atoms with Gasteiger partial charge in [-0.2, -0.15) is 13.2 Å². The Labute approximate surface area is 180 Å². The van der Waals surface area contributed by atoms with Gasteiger partial charge in [-0.1, -0.05) is 17.8 Å². The second-order valence-corrected chi connectivity index (χ2v) is 7.59. The van der Waals surface area contributed by atoms with Gasteiger partial charge in [-0.25, -0.2) is 9.79 Å². The van der Waals surface area contributed by atoms with Crippen LogP contribution in [0, 0.1) is 6.92 Å². The highest BCUT2D eigenvalue weighted by atomic mass is 32.2.